The molecule has 22 heavy (non-hydrogen) atoms. The molecule has 0 spiro atoms. The minimum absolute atomic E-state index is 0.215. The van der Waals surface area contributed by atoms with Crippen molar-refractivity contribution >= 4 is 43.7 Å². The largest absolute Gasteiger partial charge is 0.415 e. The molecule has 0 atom stereocenters. The van der Waals surface area contributed by atoms with Crippen molar-refractivity contribution in [1.82, 2.24) is 4.98 Å². The number of benzene rings is 1. The molecule has 1 heterocycles. The van der Waals surface area contributed by atoms with E-state index in [0.717, 1.165) is 10.1 Å². The minimum Gasteiger partial charge on any atom is -0.415 e. The van der Waals surface area contributed by atoms with Gasteiger partial charge in [0.25, 0.3) is 0 Å². The van der Waals surface area contributed by atoms with Crippen LogP contribution in [0.15, 0.2) is 29.6 Å². The van der Waals surface area contributed by atoms with E-state index in [2.05, 4.69) is 91.8 Å². The summed E-state index contributed by atoms with van der Waals surface area (Å²) < 4.78 is 7.24. The van der Waals surface area contributed by atoms with Crippen LogP contribution in [0.1, 0.15) is 45.2 Å². The number of hydrogen-bond donors (Lipinski definition) is 0. The van der Waals surface area contributed by atoms with Crippen LogP contribution in [0.3, 0.4) is 0 Å². The quantitative estimate of drug-likeness (QED) is 0.354. The highest BCUT2D eigenvalue weighted by Gasteiger charge is 2.24. The molecule has 0 bridgehead atoms. The number of halogens is 1. The van der Waals surface area contributed by atoms with Gasteiger partial charge in [-0.3, -0.25) is 0 Å². The lowest BCUT2D eigenvalue weighted by Crippen LogP contribution is -2.27. The van der Waals surface area contributed by atoms with Gasteiger partial charge in [0.1, 0.15) is 5.01 Å². The van der Waals surface area contributed by atoms with Crippen molar-refractivity contribution in [3.63, 3.8) is 0 Å². The highest BCUT2D eigenvalue weighted by Crippen LogP contribution is 2.31. The van der Waals surface area contributed by atoms with Gasteiger partial charge in [0.15, 0.2) is 9.76 Å². The summed E-state index contributed by atoms with van der Waals surface area (Å²) >= 11 is 4.08. The third kappa shape index (κ3) is 4.88. The van der Waals surface area contributed by atoms with E-state index in [9.17, 15) is 0 Å². The number of aromatic nitrogens is 1. The van der Waals surface area contributed by atoms with Crippen molar-refractivity contribution in [2.45, 2.75) is 49.7 Å². The molecule has 0 unspecified atom stereocenters. The normalized spacial score (nSPS) is 13.2. The molecule has 0 amide bonds. The average molecular weight is 445 g/mol. The number of nitrogens with zero attached hydrogens (tertiary/aromatic N) is 1. The topological polar surface area (TPSA) is 22.1 Å². The molecule has 0 fully saturated rings. The van der Waals surface area contributed by atoms with Gasteiger partial charge in [-0.2, -0.15) is 0 Å². The van der Waals surface area contributed by atoms with Gasteiger partial charge in [-0.05, 0) is 24.4 Å². The predicted octanol–water partition coefficient (Wildman–Crippen LogP) is 5.30. The first kappa shape index (κ1) is 18.1. The Morgan fingerprint density at radius 1 is 1.14 bits per heavy atom. The van der Waals surface area contributed by atoms with Crippen LogP contribution >= 0.6 is 33.9 Å². The third-order valence-electron chi connectivity index (χ3n) is 3.41. The molecule has 1 aromatic heterocycles. The molecule has 0 aliphatic rings. The molecule has 0 N–H and O–H groups in total. The molecule has 0 radical (unpaired) electrons. The lowest BCUT2D eigenvalue weighted by Gasteiger charge is -2.30. The van der Waals surface area contributed by atoms with Crippen molar-refractivity contribution in [1.29, 1.82) is 0 Å². The Morgan fingerprint density at radius 3 is 2.27 bits per heavy atom. The maximum Gasteiger partial charge on any atom is 0.168 e. The Hall–Kier alpha value is -0.243. The van der Waals surface area contributed by atoms with Crippen LogP contribution in [0.25, 0.3) is 11.3 Å². The standard InChI is InChI=1S/C17H24INOSSi/c1-16(2,3)22-20-17(4,5)13-8-6-12(7-9-13)14-11-21-15(10-18)19-14/h6-9,11H,10,22H2,1-5H3. The maximum absolute atomic E-state index is 6.27. The molecule has 1 aromatic carbocycles. The third-order valence-corrected chi connectivity index (χ3v) is 7.23. The Morgan fingerprint density at radius 2 is 1.77 bits per heavy atom. The Balaban J connectivity index is 2.13. The first-order valence-electron chi connectivity index (χ1n) is 7.46. The van der Waals surface area contributed by atoms with Gasteiger partial charge in [0, 0.05) is 10.9 Å². The average Bonchev–Trinajstić information content (AvgIpc) is 2.94. The Labute approximate surface area is 153 Å². The lowest BCUT2D eigenvalue weighted by atomic mass is 9.97. The van der Waals surface area contributed by atoms with Crippen molar-refractivity contribution in [2.24, 2.45) is 0 Å². The first-order valence-corrected chi connectivity index (χ1v) is 11.2. The maximum atomic E-state index is 6.27. The fourth-order valence-corrected chi connectivity index (χ4v) is 4.35. The summed E-state index contributed by atoms with van der Waals surface area (Å²) in [6.07, 6.45) is 0. The zero-order chi connectivity index (χ0) is 16.4. The van der Waals surface area contributed by atoms with Crippen LogP contribution in [-0.4, -0.2) is 14.7 Å². The summed E-state index contributed by atoms with van der Waals surface area (Å²) in [6, 6.07) is 8.67. The summed E-state index contributed by atoms with van der Waals surface area (Å²) in [5.41, 5.74) is 3.27. The summed E-state index contributed by atoms with van der Waals surface area (Å²) in [5, 5.41) is 3.63. The number of alkyl halides is 1. The number of hydrogen-bond acceptors (Lipinski definition) is 3. The fourth-order valence-electron chi connectivity index (χ4n) is 2.03. The first-order chi connectivity index (χ1) is 10.2. The summed E-state index contributed by atoms with van der Waals surface area (Å²) in [6.45, 7) is 11.1. The van der Waals surface area contributed by atoms with E-state index in [1.54, 1.807) is 11.3 Å². The van der Waals surface area contributed by atoms with Crippen molar-refractivity contribution < 1.29 is 4.43 Å². The Bertz CT molecular complexity index is 616. The lowest BCUT2D eigenvalue weighted by molar-refractivity contribution is 0.109. The predicted molar refractivity (Wildman–Crippen MR) is 108 cm³/mol. The molecule has 2 aromatic rings. The molecule has 0 saturated heterocycles. The van der Waals surface area contributed by atoms with E-state index in [1.807, 2.05) is 0 Å². The van der Waals surface area contributed by atoms with Gasteiger partial charge in [0.2, 0.25) is 0 Å². The second-order valence-corrected chi connectivity index (χ2v) is 11.6. The smallest absolute Gasteiger partial charge is 0.168 e. The SMILES string of the molecule is CC(C)(C)[SiH2]OC(C)(C)c1ccc(-c2csc(CI)n2)cc1. The van der Waals surface area contributed by atoms with Crippen LogP contribution in [0.4, 0.5) is 0 Å². The van der Waals surface area contributed by atoms with Crippen LogP contribution in [0, 0.1) is 0 Å². The van der Waals surface area contributed by atoms with E-state index in [0.29, 0.717) is 5.04 Å². The fraction of sp³-hybridized carbons (Fsp3) is 0.471. The van der Waals surface area contributed by atoms with Gasteiger partial charge in [-0.25, -0.2) is 4.98 Å². The molecular weight excluding hydrogens is 421 g/mol. The van der Waals surface area contributed by atoms with E-state index >= 15 is 0 Å². The van der Waals surface area contributed by atoms with Gasteiger partial charge >= 0.3 is 0 Å². The summed E-state index contributed by atoms with van der Waals surface area (Å²) in [5.74, 6) is 0. The van der Waals surface area contributed by atoms with E-state index in [-0.39, 0.29) is 5.60 Å². The second kappa shape index (κ2) is 7.11. The molecule has 0 aliphatic heterocycles. The van der Waals surface area contributed by atoms with Crippen molar-refractivity contribution in [3.8, 4) is 11.3 Å². The highest BCUT2D eigenvalue weighted by atomic mass is 127. The van der Waals surface area contributed by atoms with Crippen LogP contribution in [0.5, 0.6) is 0 Å². The molecule has 0 aliphatic carbocycles. The van der Waals surface area contributed by atoms with Crippen LogP contribution in [-0.2, 0) is 14.5 Å². The minimum atomic E-state index is -0.570. The monoisotopic (exact) mass is 445 g/mol. The van der Waals surface area contributed by atoms with Gasteiger partial charge < -0.3 is 4.43 Å². The zero-order valence-electron chi connectivity index (χ0n) is 13.9. The van der Waals surface area contributed by atoms with Gasteiger partial charge in [-0.1, -0.05) is 67.6 Å². The van der Waals surface area contributed by atoms with Gasteiger partial charge in [0.05, 0.1) is 15.7 Å². The second-order valence-electron chi connectivity index (χ2n) is 7.20. The van der Waals surface area contributed by atoms with Crippen LogP contribution < -0.4 is 0 Å². The molecular formula is C17H24INOSSi. The van der Waals surface area contributed by atoms with Crippen molar-refractivity contribution in [3.05, 3.63) is 40.2 Å². The summed E-state index contributed by atoms with van der Waals surface area (Å²) in [7, 11) is -0.570. The number of thiazole rings is 1. The van der Waals surface area contributed by atoms with E-state index in [1.165, 1.54) is 16.1 Å². The number of rotatable bonds is 5. The molecule has 2 rings (SSSR count). The molecule has 5 heteroatoms. The Kier molecular flexibility index (Phi) is 5.85. The van der Waals surface area contributed by atoms with Gasteiger partial charge in [-0.15, -0.1) is 11.3 Å². The van der Waals surface area contributed by atoms with E-state index < -0.39 is 9.76 Å². The summed E-state index contributed by atoms with van der Waals surface area (Å²) in [4.78, 5) is 4.65. The molecule has 0 saturated carbocycles. The highest BCUT2D eigenvalue weighted by molar-refractivity contribution is 14.1. The molecule has 120 valence electrons. The van der Waals surface area contributed by atoms with Crippen molar-refractivity contribution in [2.75, 3.05) is 0 Å². The van der Waals surface area contributed by atoms with E-state index in [4.69, 9.17) is 4.43 Å². The molecule has 2 nitrogen and oxygen atoms in total. The zero-order valence-corrected chi connectivity index (χ0v) is 18.3. The van der Waals surface area contributed by atoms with Crippen LogP contribution in [0.2, 0.25) is 5.04 Å².